The molecular formula is C11H18N2O4S. The van der Waals surface area contributed by atoms with Crippen LogP contribution in [0.3, 0.4) is 0 Å². The van der Waals surface area contributed by atoms with Crippen molar-refractivity contribution in [1.82, 2.24) is 4.72 Å². The molecule has 102 valence electrons. The molecule has 0 bridgehead atoms. The van der Waals surface area contributed by atoms with E-state index in [0.717, 1.165) is 0 Å². The van der Waals surface area contributed by atoms with Crippen LogP contribution in [0.15, 0.2) is 17.0 Å². The molecule has 0 saturated carbocycles. The third-order valence-corrected chi connectivity index (χ3v) is 3.88. The van der Waals surface area contributed by atoms with Gasteiger partial charge in [-0.15, -0.1) is 0 Å². The Labute approximate surface area is 107 Å². The Morgan fingerprint density at radius 3 is 2.17 bits per heavy atom. The van der Waals surface area contributed by atoms with E-state index in [-0.39, 0.29) is 22.4 Å². The van der Waals surface area contributed by atoms with Crippen LogP contribution in [0.4, 0.5) is 5.69 Å². The molecule has 1 aromatic rings. The SMILES string of the molecule is COc1cc(OC)c(S(=O)(=O)NC(C)C)cc1N. The molecule has 3 N–H and O–H groups in total. The Morgan fingerprint density at radius 2 is 1.72 bits per heavy atom. The van der Waals surface area contributed by atoms with Crippen molar-refractivity contribution >= 4 is 15.7 Å². The topological polar surface area (TPSA) is 90.6 Å². The summed E-state index contributed by atoms with van der Waals surface area (Å²) in [5, 5.41) is 0. The predicted molar refractivity (Wildman–Crippen MR) is 69.4 cm³/mol. The average molecular weight is 274 g/mol. The van der Waals surface area contributed by atoms with E-state index < -0.39 is 10.0 Å². The molecule has 0 aromatic heterocycles. The zero-order valence-electron chi connectivity index (χ0n) is 10.9. The number of sulfonamides is 1. The maximum atomic E-state index is 12.1. The molecule has 6 nitrogen and oxygen atoms in total. The fraction of sp³-hybridized carbons (Fsp3) is 0.455. The van der Waals surface area contributed by atoms with Gasteiger partial charge in [-0.05, 0) is 19.9 Å². The minimum atomic E-state index is -3.66. The van der Waals surface area contributed by atoms with E-state index in [9.17, 15) is 8.42 Å². The maximum absolute atomic E-state index is 12.1. The standard InChI is InChI=1S/C11H18N2O4S/c1-7(2)13-18(14,15)11-5-8(12)9(16-3)6-10(11)17-4/h5-7,13H,12H2,1-4H3. The van der Waals surface area contributed by atoms with E-state index >= 15 is 0 Å². The molecule has 0 atom stereocenters. The highest BCUT2D eigenvalue weighted by Crippen LogP contribution is 2.33. The number of ether oxygens (including phenoxy) is 2. The Balaban J connectivity index is 3.36. The van der Waals surface area contributed by atoms with Crippen LogP contribution in [0, 0.1) is 0 Å². The molecular weight excluding hydrogens is 256 g/mol. The first-order chi connectivity index (χ1) is 8.31. The predicted octanol–water partition coefficient (Wildman–Crippen LogP) is 0.973. The van der Waals surface area contributed by atoms with Crippen molar-refractivity contribution in [3.05, 3.63) is 12.1 Å². The summed E-state index contributed by atoms with van der Waals surface area (Å²) in [5.41, 5.74) is 5.95. The lowest BCUT2D eigenvalue weighted by atomic mass is 10.3. The summed E-state index contributed by atoms with van der Waals surface area (Å²) >= 11 is 0. The van der Waals surface area contributed by atoms with Crippen molar-refractivity contribution in [3.8, 4) is 11.5 Å². The number of nitrogen functional groups attached to an aromatic ring is 1. The molecule has 0 aliphatic heterocycles. The smallest absolute Gasteiger partial charge is 0.244 e. The number of nitrogens with one attached hydrogen (secondary N) is 1. The average Bonchev–Trinajstić information content (AvgIpc) is 2.27. The molecule has 0 unspecified atom stereocenters. The number of anilines is 1. The van der Waals surface area contributed by atoms with E-state index in [1.165, 1.54) is 26.4 Å². The zero-order valence-corrected chi connectivity index (χ0v) is 11.7. The summed E-state index contributed by atoms with van der Waals surface area (Å²) in [7, 11) is -0.822. The van der Waals surface area contributed by atoms with Crippen LogP contribution in [0.5, 0.6) is 11.5 Å². The van der Waals surface area contributed by atoms with Crippen LogP contribution < -0.4 is 19.9 Å². The van der Waals surface area contributed by atoms with Gasteiger partial charge in [0, 0.05) is 12.1 Å². The lowest BCUT2D eigenvalue weighted by Gasteiger charge is -2.15. The quantitative estimate of drug-likeness (QED) is 0.781. The van der Waals surface area contributed by atoms with E-state index in [1.807, 2.05) is 0 Å². The van der Waals surface area contributed by atoms with Crippen molar-refractivity contribution in [2.24, 2.45) is 0 Å². The first-order valence-electron chi connectivity index (χ1n) is 5.35. The summed E-state index contributed by atoms with van der Waals surface area (Å²) in [6.45, 7) is 3.47. The molecule has 0 fully saturated rings. The maximum Gasteiger partial charge on any atom is 0.244 e. The van der Waals surface area contributed by atoms with Gasteiger partial charge in [0.2, 0.25) is 10.0 Å². The number of rotatable bonds is 5. The Bertz CT molecular complexity index is 526. The van der Waals surface area contributed by atoms with Gasteiger partial charge in [0.05, 0.1) is 19.9 Å². The fourth-order valence-corrected chi connectivity index (χ4v) is 2.91. The van der Waals surface area contributed by atoms with Crippen molar-refractivity contribution in [2.75, 3.05) is 20.0 Å². The third kappa shape index (κ3) is 3.05. The van der Waals surface area contributed by atoms with Crippen molar-refractivity contribution < 1.29 is 17.9 Å². The van der Waals surface area contributed by atoms with Gasteiger partial charge in [-0.1, -0.05) is 0 Å². The van der Waals surface area contributed by atoms with E-state index in [0.29, 0.717) is 5.75 Å². The fourth-order valence-electron chi connectivity index (χ4n) is 1.48. The molecule has 0 heterocycles. The van der Waals surface area contributed by atoms with Gasteiger partial charge in [-0.25, -0.2) is 13.1 Å². The number of hydrogen-bond acceptors (Lipinski definition) is 5. The highest BCUT2D eigenvalue weighted by molar-refractivity contribution is 7.89. The highest BCUT2D eigenvalue weighted by atomic mass is 32.2. The van der Waals surface area contributed by atoms with E-state index in [1.54, 1.807) is 13.8 Å². The first-order valence-corrected chi connectivity index (χ1v) is 6.84. The minimum absolute atomic E-state index is 0.00278. The van der Waals surface area contributed by atoms with Crippen molar-refractivity contribution in [2.45, 2.75) is 24.8 Å². The molecule has 0 aliphatic rings. The summed E-state index contributed by atoms with van der Waals surface area (Å²) in [5.74, 6) is 0.560. The molecule has 18 heavy (non-hydrogen) atoms. The summed E-state index contributed by atoms with van der Waals surface area (Å²) < 4.78 is 36.7. The molecule has 1 rings (SSSR count). The second-order valence-corrected chi connectivity index (χ2v) is 5.70. The van der Waals surface area contributed by atoms with Crippen LogP contribution in [0.2, 0.25) is 0 Å². The summed E-state index contributed by atoms with van der Waals surface area (Å²) in [4.78, 5) is -0.00278. The molecule has 0 radical (unpaired) electrons. The Kier molecular flexibility index (Phi) is 4.42. The summed E-state index contributed by atoms with van der Waals surface area (Å²) in [6.07, 6.45) is 0. The van der Waals surface area contributed by atoms with Gasteiger partial charge < -0.3 is 15.2 Å². The monoisotopic (exact) mass is 274 g/mol. The van der Waals surface area contributed by atoms with Crippen LogP contribution in [-0.2, 0) is 10.0 Å². The first kappa shape index (κ1) is 14.6. The number of benzene rings is 1. The lowest BCUT2D eigenvalue weighted by molar-refractivity contribution is 0.387. The van der Waals surface area contributed by atoms with Crippen molar-refractivity contribution in [1.29, 1.82) is 0 Å². The summed E-state index contributed by atoms with van der Waals surface area (Å²) in [6, 6.07) is 2.55. The van der Waals surface area contributed by atoms with Crippen LogP contribution in [0.25, 0.3) is 0 Å². The van der Waals surface area contributed by atoms with E-state index in [4.69, 9.17) is 15.2 Å². The molecule has 7 heteroatoms. The van der Waals surface area contributed by atoms with Gasteiger partial charge in [-0.2, -0.15) is 0 Å². The molecule has 0 saturated heterocycles. The number of hydrogen-bond donors (Lipinski definition) is 2. The molecule has 0 amide bonds. The third-order valence-electron chi connectivity index (χ3n) is 2.20. The zero-order chi connectivity index (χ0) is 13.9. The second kappa shape index (κ2) is 5.45. The molecule has 0 spiro atoms. The Morgan fingerprint density at radius 1 is 1.17 bits per heavy atom. The Hall–Kier alpha value is -1.47. The minimum Gasteiger partial charge on any atom is -0.495 e. The van der Waals surface area contributed by atoms with Crippen LogP contribution in [-0.4, -0.2) is 28.7 Å². The van der Waals surface area contributed by atoms with Gasteiger partial charge >= 0.3 is 0 Å². The van der Waals surface area contributed by atoms with Gasteiger partial charge in [0.15, 0.2) is 0 Å². The van der Waals surface area contributed by atoms with Gasteiger partial charge in [0.1, 0.15) is 16.4 Å². The normalized spacial score (nSPS) is 11.6. The molecule has 0 aliphatic carbocycles. The van der Waals surface area contributed by atoms with Gasteiger partial charge in [-0.3, -0.25) is 0 Å². The largest absolute Gasteiger partial charge is 0.495 e. The lowest BCUT2D eigenvalue weighted by Crippen LogP contribution is -2.30. The number of methoxy groups -OCH3 is 2. The van der Waals surface area contributed by atoms with Gasteiger partial charge in [0.25, 0.3) is 0 Å². The highest BCUT2D eigenvalue weighted by Gasteiger charge is 2.22. The van der Waals surface area contributed by atoms with Crippen LogP contribution >= 0.6 is 0 Å². The van der Waals surface area contributed by atoms with Crippen molar-refractivity contribution in [3.63, 3.8) is 0 Å². The number of nitrogens with two attached hydrogens (primary N) is 1. The second-order valence-electron chi connectivity index (χ2n) is 4.02. The van der Waals surface area contributed by atoms with E-state index in [2.05, 4.69) is 4.72 Å². The molecule has 1 aromatic carbocycles. The van der Waals surface area contributed by atoms with Crippen LogP contribution in [0.1, 0.15) is 13.8 Å².